The topological polar surface area (TPSA) is 40.6 Å². The molecule has 0 aliphatic carbocycles. The van der Waals surface area contributed by atoms with E-state index in [-0.39, 0.29) is 5.91 Å². The second-order valence-corrected chi connectivity index (χ2v) is 6.65. The van der Waals surface area contributed by atoms with Crippen LogP contribution in [0.4, 0.5) is 16.2 Å². The quantitative estimate of drug-likeness (QED) is 0.735. The van der Waals surface area contributed by atoms with Crippen LogP contribution in [0.2, 0.25) is 10.0 Å². The summed E-state index contributed by atoms with van der Waals surface area (Å²) in [6.07, 6.45) is 0. The molecule has 1 aliphatic rings. The molecule has 6 heteroatoms. The number of carbonyl (C=O) groups excluding carboxylic acids is 2. The van der Waals surface area contributed by atoms with E-state index in [9.17, 15) is 9.59 Å². The molecule has 1 aliphatic heterocycles. The van der Waals surface area contributed by atoms with E-state index in [1.807, 2.05) is 0 Å². The number of imide groups is 1. The molecule has 0 aromatic heterocycles. The number of benzene rings is 2. The van der Waals surface area contributed by atoms with E-state index in [0.29, 0.717) is 21.4 Å². The Bertz CT molecular complexity index is 805. The van der Waals surface area contributed by atoms with E-state index in [1.165, 1.54) is 4.90 Å². The van der Waals surface area contributed by atoms with Crippen LogP contribution in [0.15, 0.2) is 48.5 Å². The summed E-state index contributed by atoms with van der Waals surface area (Å²) >= 11 is 12.0. The van der Waals surface area contributed by atoms with Gasteiger partial charge in [0.15, 0.2) is 0 Å². The molecule has 1 heterocycles. The largest absolute Gasteiger partial charge is 0.336 e. The number of urea groups is 1. The molecule has 0 saturated carbocycles. The molecule has 1 fully saturated rings. The van der Waals surface area contributed by atoms with Crippen molar-refractivity contribution in [1.82, 2.24) is 0 Å². The van der Waals surface area contributed by atoms with Crippen LogP contribution in [0, 0.1) is 0 Å². The summed E-state index contributed by atoms with van der Waals surface area (Å²) in [5, 5.41) is 0.960. The van der Waals surface area contributed by atoms with Crippen molar-refractivity contribution in [3.8, 4) is 0 Å². The highest BCUT2D eigenvalue weighted by Crippen LogP contribution is 2.37. The molecular formula is C17H14Cl2N2O2. The maximum atomic E-state index is 12.9. The third-order valence-corrected chi connectivity index (χ3v) is 4.27. The lowest BCUT2D eigenvalue weighted by molar-refractivity contribution is -0.120. The lowest BCUT2D eigenvalue weighted by Crippen LogP contribution is -2.44. The lowest BCUT2D eigenvalue weighted by atomic mass is 10.0. The molecule has 23 heavy (non-hydrogen) atoms. The molecule has 0 atom stereocenters. The predicted octanol–water partition coefficient (Wildman–Crippen LogP) is 4.75. The Labute approximate surface area is 144 Å². The third kappa shape index (κ3) is 2.58. The zero-order valence-corrected chi connectivity index (χ0v) is 14.1. The molecule has 118 valence electrons. The average molecular weight is 349 g/mol. The van der Waals surface area contributed by atoms with Gasteiger partial charge < -0.3 is 0 Å². The van der Waals surface area contributed by atoms with Crippen molar-refractivity contribution in [3.05, 3.63) is 58.6 Å². The molecule has 0 unspecified atom stereocenters. The molecular weight excluding hydrogens is 335 g/mol. The Kier molecular flexibility index (Phi) is 3.82. The van der Waals surface area contributed by atoms with Crippen LogP contribution < -0.4 is 9.80 Å². The fourth-order valence-corrected chi connectivity index (χ4v) is 3.06. The minimum atomic E-state index is -1.02. The third-order valence-electron chi connectivity index (χ3n) is 3.80. The summed E-state index contributed by atoms with van der Waals surface area (Å²) in [6, 6.07) is 13.1. The molecule has 0 radical (unpaired) electrons. The first-order chi connectivity index (χ1) is 10.8. The first kappa shape index (κ1) is 15.8. The number of hydrogen-bond acceptors (Lipinski definition) is 2. The Balaban J connectivity index is 2.10. The summed E-state index contributed by atoms with van der Waals surface area (Å²) < 4.78 is 0. The maximum absolute atomic E-state index is 12.9. The van der Waals surface area contributed by atoms with Crippen LogP contribution in [0.3, 0.4) is 0 Å². The number of nitrogens with zero attached hydrogens (tertiary/aromatic N) is 2. The molecule has 0 spiro atoms. The summed E-state index contributed by atoms with van der Waals surface area (Å²) in [5.74, 6) is -0.315. The van der Waals surface area contributed by atoms with E-state index < -0.39 is 11.6 Å². The van der Waals surface area contributed by atoms with Gasteiger partial charge in [-0.05, 0) is 50.2 Å². The molecule has 2 aromatic rings. The minimum Gasteiger partial charge on any atom is -0.279 e. The summed E-state index contributed by atoms with van der Waals surface area (Å²) in [7, 11) is 0. The van der Waals surface area contributed by atoms with E-state index in [1.54, 1.807) is 62.4 Å². The van der Waals surface area contributed by atoms with Crippen LogP contribution in [0.1, 0.15) is 13.8 Å². The molecule has 4 nitrogen and oxygen atoms in total. The lowest BCUT2D eigenvalue weighted by Gasteiger charge is -2.27. The number of anilines is 2. The first-order valence-corrected chi connectivity index (χ1v) is 7.78. The van der Waals surface area contributed by atoms with Gasteiger partial charge in [-0.25, -0.2) is 9.69 Å². The van der Waals surface area contributed by atoms with Crippen molar-refractivity contribution in [3.63, 3.8) is 0 Å². The number of hydrogen-bond donors (Lipinski definition) is 0. The van der Waals surface area contributed by atoms with Crippen LogP contribution in [0.5, 0.6) is 0 Å². The van der Waals surface area contributed by atoms with Gasteiger partial charge in [-0.15, -0.1) is 0 Å². The van der Waals surface area contributed by atoms with Gasteiger partial charge in [0.1, 0.15) is 5.54 Å². The number of carbonyl (C=O) groups is 2. The summed E-state index contributed by atoms with van der Waals surface area (Å²) in [4.78, 5) is 28.3. The molecule has 0 N–H and O–H groups in total. The van der Waals surface area contributed by atoms with Gasteiger partial charge in [0.25, 0.3) is 5.91 Å². The van der Waals surface area contributed by atoms with Crippen molar-refractivity contribution in [1.29, 1.82) is 0 Å². The van der Waals surface area contributed by atoms with Crippen LogP contribution in [0.25, 0.3) is 0 Å². The first-order valence-electron chi connectivity index (χ1n) is 7.02. The molecule has 3 amide bonds. The minimum absolute atomic E-state index is 0.315. The van der Waals surface area contributed by atoms with Crippen LogP contribution >= 0.6 is 23.2 Å². The van der Waals surface area contributed by atoms with E-state index in [4.69, 9.17) is 23.2 Å². The Morgan fingerprint density at radius 2 is 1.39 bits per heavy atom. The second-order valence-electron chi connectivity index (χ2n) is 5.78. The van der Waals surface area contributed by atoms with Crippen molar-refractivity contribution in [2.75, 3.05) is 9.80 Å². The fraction of sp³-hybridized carbons (Fsp3) is 0.176. The Morgan fingerprint density at radius 1 is 0.870 bits per heavy atom. The van der Waals surface area contributed by atoms with Gasteiger partial charge in [0.05, 0.1) is 5.69 Å². The average Bonchev–Trinajstić information content (AvgIpc) is 2.64. The van der Waals surface area contributed by atoms with E-state index in [0.717, 1.165) is 4.90 Å². The number of rotatable bonds is 2. The Morgan fingerprint density at radius 3 is 1.96 bits per heavy atom. The summed E-state index contributed by atoms with van der Waals surface area (Å²) in [6.45, 7) is 3.41. The normalized spacial score (nSPS) is 17.0. The van der Waals surface area contributed by atoms with Gasteiger partial charge >= 0.3 is 6.03 Å². The smallest absolute Gasteiger partial charge is 0.279 e. The van der Waals surface area contributed by atoms with Crippen LogP contribution in [-0.2, 0) is 4.79 Å². The SMILES string of the molecule is CC1(C)C(=O)N(c2cccc(Cl)c2)C(=O)N1c1cccc(Cl)c1. The molecule has 0 bridgehead atoms. The van der Waals surface area contributed by atoms with Gasteiger partial charge in [0.2, 0.25) is 0 Å². The zero-order chi connectivity index (χ0) is 16.8. The van der Waals surface area contributed by atoms with Gasteiger partial charge in [-0.2, -0.15) is 0 Å². The fourth-order valence-electron chi connectivity index (χ4n) is 2.69. The van der Waals surface area contributed by atoms with Gasteiger partial charge in [0, 0.05) is 15.7 Å². The molecule has 1 saturated heterocycles. The van der Waals surface area contributed by atoms with Crippen molar-refractivity contribution >= 4 is 46.5 Å². The van der Waals surface area contributed by atoms with Crippen molar-refractivity contribution in [2.24, 2.45) is 0 Å². The van der Waals surface area contributed by atoms with Crippen molar-refractivity contribution < 1.29 is 9.59 Å². The summed E-state index contributed by atoms with van der Waals surface area (Å²) in [5.41, 5.74) is -0.000133. The highest BCUT2D eigenvalue weighted by atomic mass is 35.5. The van der Waals surface area contributed by atoms with Crippen molar-refractivity contribution in [2.45, 2.75) is 19.4 Å². The molecule has 3 rings (SSSR count). The maximum Gasteiger partial charge on any atom is 0.336 e. The Hall–Kier alpha value is -2.04. The zero-order valence-electron chi connectivity index (χ0n) is 12.6. The molecule has 2 aromatic carbocycles. The van der Waals surface area contributed by atoms with Crippen LogP contribution in [-0.4, -0.2) is 17.5 Å². The standard InChI is InChI=1S/C17H14Cl2N2O2/c1-17(2)15(22)20(13-7-3-5-11(18)9-13)16(23)21(17)14-8-4-6-12(19)10-14/h3-10H,1-2H3. The highest BCUT2D eigenvalue weighted by molar-refractivity contribution is 6.33. The highest BCUT2D eigenvalue weighted by Gasteiger charge is 2.52. The van der Waals surface area contributed by atoms with E-state index >= 15 is 0 Å². The number of amides is 3. The monoisotopic (exact) mass is 348 g/mol. The van der Waals surface area contributed by atoms with Gasteiger partial charge in [-0.1, -0.05) is 35.3 Å². The van der Waals surface area contributed by atoms with Gasteiger partial charge in [-0.3, -0.25) is 9.69 Å². The predicted molar refractivity (Wildman–Crippen MR) is 92.3 cm³/mol. The second kappa shape index (κ2) is 5.55. The number of halogens is 2. The van der Waals surface area contributed by atoms with E-state index in [2.05, 4.69) is 0 Å².